The summed E-state index contributed by atoms with van der Waals surface area (Å²) in [4.78, 5) is 19.5. The molecule has 1 amide bonds. The summed E-state index contributed by atoms with van der Waals surface area (Å²) in [6.45, 7) is 4.72. The molecule has 41 heavy (non-hydrogen) atoms. The van der Waals surface area contributed by atoms with Gasteiger partial charge in [0.2, 0.25) is 5.91 Å². The maximum absolute atomic E-state index is 15.0. The molecule has 216 valence electrons. The van der Waals surface area contributed by atoms with Gasteiger partial charge in [0.05, 0.1) is 5.52 Å². The van der Waals surface area contributed by atoms with Crippen molar-refractivity contribution in [3.05, 3.63) is 83.4 Å². The number of nitrogen functional groups attached to an aromatic ring is 1. The third-order valence-electron chi connectivity index (χ3n) is 8.24. The Morgan fingerprint density at radius 1 is 1.15 bits per heavy atom. The van der Waals surface area contributed by atoms with Crippen LogP contribution >= 0.6 is 0 Å². The van der Waals surface area contributed by atoms with Crippen LogP contribution in [0.4, 0.5) is 10.2 Å². The summed E-state index contributed by atoms with van der Waals surface area (Å²) in [7, 11) is 1.68. The van der Waals surface area contributed by atoms with E-state index in [1.54, 1.807) is 25.4 Å². The first-order chi connectivity index (χ1) is 19.9. The lowest BCUT2D eigenvalue weighted by Crippen LogP contribution is -2.42. The molecule has 7 nitrogen and oxygen atoms in total. The fraction of sp³-hybridized carbons (Fsp3) is 0.394. The van der Waals surface area contributed by atoms with Crippen LogP contribution in [-0.2, 0) is 22.5 Å². The summed E-state index contributed by atoms with van der Waals surface area (Å²) in [6, 6.07) is 17.0. The average molecular weight is 558 g/mol. The number of rotatable bonds is 10. The predicted octanol–water partition coefficient (Wildman–Crippen LogP) is 5.44. The number of hydrogen-bond acceptors (Lipinski definition) is 5. The number of anilines is 1. The van der Waals surface area contributed by atoms with E-state index in [2.05, 4.69) is 28.6 Å². The number of carbonyl (C=O) groups is 1. The maximum Gasteiger partial charge on any atom is 0.224 e. The number of para-hydroxylation sites is 1. The van der Waals surface area contributed by atoms with Crippen molar-refractivity contribution in [1.29, 1.82) is 0 Å². The van der Waals surface area contributed by atoms with Gasteiger partial charge in [-0.3, -0.25) is 4.79 Å². The second kappa shape index (κ2) is 12.8. The molecule has 2 atom stereocenters. The number of aromatic nitrogens is 2. The molecule has 2 aromatic carbocycles. The van der Waals surface area contributed by atoms with Crippen LogP contribution in [0.25, 0.3) is 22.0 Å². The number of carbonyl (C=O) groups excluding carboxylic acids is 1. The fourth-order valence-electron chi connectivity index (χ4n) is 6.24. The lowest BCUT2D eigenvalue weighted by molar-refractivity contribution is -0.132. The monoisotopic (exact) mass is 557 g/mol. The lowest BCUT2D eigenvalue weighted by Gasteiger charge is -2.34. The highest BCUT2D eigenvalue weighted by molar-refractivity contribution is 5.86. The Kier molecular flexibility index (Phi) is 9.00. The number of fused-ring (bicyclic) bond motifs is 1. The molecule has 0 aliphatic carbocycles. The van der Waals surface area contributed by atoms with Gasteiger partial charge in [0.15, 0.2) is 0 Å². The van der Waals surface area contributed by atoms with Crippen molar-refractivity contribution in [1.82, 2.24) is 14.5 Å². The molecule has 0 spiro atoms. The van der Waals surface area contributed by atoms with Crippen LogP contribution in [0.5, 0.6) is 0 Å². The van der Waals surface area contributed by atoms with Crippen molar-refractivity contribution in [3.8, 4) is 11.1 Å². The molecule has 2 aromatic heterocycles. The van der Waals surface area contributed by atoms with Crippen LogP contribution < -0.4 is 11.5 Å². The van der Waals surface area contributed by atoms with E-state index in [9.17, 15) is 4.79 Å². The molecule has 4 aromatic rings. The van der Waals surface area contributed by atoms with Gasteiger partial charge in [-0.1, -0.05) is 36.4 Å². The van der Waals surface area contributed by atoms with Crippen molar-refractivity contribution < 1.29 is 13.9 Å². The van der Waals surface area contributed by atoms with E-state index >= 15 is 4.39 Å². The van der Waals surface area contributed by atoms with Crippen LogP contribution in [0.15, 0.2) is 60.8 Å². The molecule has 8 heteroatoms. The van der Waals surface area contributed by atoms with Crippen LogP contribution in [0, 0.1) is 12.7 Å². The Balaban J connectivity index is 1.25. The molecule has 3 heterocycles. The topological polar surface area (TPSA) is 99.4 Å². The number of hydrogen-bond donors (Lipinski definition) is 2. The van der Waals surface area contributed by atoms with Crippen molar-refractivity contribution in [3.63, 3.8) is 0 Å². The summed E-state index contributed by atoms with van der Waals surface area (Å²) < 4.78 is 22.4. The first-order valence-corrected chi connectivity index (χ1v) is 14.5. The van der Waals surface area contributed by atoms with Gasteiger partial charge in [-0.05, 0) is 67.5 Å². The molecule has 1 fully saturated rings. The number of halogens is 1. The highest BCUT2D eigenvalue weighted by Gasteiger charge is 2.30. The zero-order chi connectivity index (χ0) is 28.9. The molecule has 0 bridgehead atoms. The minimum Gasteiger partial charge on any atom is -0.385 e. The van der Waals surface area contributed by atoms with Gasteiger partial charge in [0, 0.05) is 74.6 Å². The quantitative estimate of drug-likeness (QED) is 0.253. The number of aryl methyl sites for hydroxylation is 2. The Morgan fingerprint density at radius 2 is 1.93 bits per heavy atom. The second-order valence-corrected chi connectivity index (χ2v) is 11.2. The third kappa shape index (κ3) is 6.44. The average Bonchev–Trinajstić information content (AvgIpc) is 3.26. The Morgan fingerprint density at radius 3 is 2.66 bits per heavy atom. The van der Waals surface area contributed by atoms with Crippen molar-refractivity contribution in [2.75, 3.05) is 32.5 Å². The lowest BCUT2D eigenvalue weighted by atomic mass is 9.91. The molecule has 0 unspecified atom stereocenters. The number of nitrogens with two attached hydrogens (primary N) is 2. The number of pyridine rings is 1. The molecular weight excluding hydrogens is 517 g/mol. The number of likely N-dealkylation sites (tertiary alicyclic amines) is 1. The number of methoxy groups -OCH3 is 1. The number of piperidine rings is 1. The van der Waals surface area contributed by atoms with E-state index in [1.807, 2.05) is 29.2 Å². The Bertz CT molecular complexity index is 1480. The standard InChI is InChI=1S/C33H40FN5O2/c1-22-28-7-3-8-29(34)33(28)39(16-5-17-41-2)32(22)26-6-4-15-38(21-26)31(40)19-27(35)18-23-9-11-24(12-10-23)25-13-14-30(36)37-20-25/h3,7-14,20,26-27H,4-6,15-19,21,35H2,1-2H3,(H2,36,37)/t26-,27+/m0/s1. The van der Waals surface area contributed by atoms with Crippen LogP contribution in [0.2, 0.25) is 0 Å². The minimum atomic E-state index is -0.275. The summed E-state index contributed by atoms with van der Waals surface area (Å²) in [5, 5.41) is 0.946. The molecule has 4 N–H and O–H groups in total. The zero-order valence-corrected chi connectivity index (χ0v) is 24.0. The van der Waals surface area contributed by atoms with Crippen molar-refractivity contribution in [2.24, 2.45) is 5.73 Å². The largest absolute Gasteiger partial charge is 0.385 e. The summed E-state index contributed by atoms with van der Waals surface area (Å²) >= 11 is 0. The van der Waals surface area contributed by atoms with Crippen LogP contribution in [0.1, 0.15) is 48.4 Å². The normalized spacial score (nSPS) is 16.3. The van der Waals surface area contributed by atoms with E-state index in [-0.39, 0.29) is 23.7 Å². The molecule has 5 rings (SSSR count). The first-order valence-electron chi connectivity index (χ1n) is 14.5. The van der Waals surface area contributed by atoms with Crippen LogP contribution in [-0.4, -0.2) is 53.2 Å². The van der Waals surface area contributed by atoms with Gasteiger partial charge >= 0.3 is 0 Å². The zero-order valence-electron chi connectivity index (χ0n) is 24.0. The molecule has 1 aliphatic rings. The van der Waals surface area contributed by atoms with E-state index in [1.165, 1.54) is 6.07 Å². The summed E-state index contributed by atoms with van der Waals surface area (Å²) in [5.74, 6) is 0.517. The van der Waals surface area contributed by atoms with Crippen molar-refractivity contribution >= 4 is 22.6 Å². The van der Waals surface area contributed by atoms with Crippen LogP contribution in [0.3, 0.4) is 0 Å². The fourth-order valence-corrected chi connectivity index (χ4v) is 6.24. The SMILES string of the molecule is COCCCn1c([C@H]2CCCN(C(=O)C[C@H](N)Cc3ccc(-c4ccc(N)nc4)cc3)C2)c(C)c2cccc(F)c21. The van der Waals surface area contributed by atoms with Gasteiger partial charge in [-0.15, -0.1) is 0 Å². The Hall–Kier alpha value is -3.75. The second-order valence-electron chi connectivity index (χ2n) is 11.2. The summed E-state index contributed by atoms with van der Waals surface area (Å²) in [6.07, 6.45) is 5.35. The van der Waals surface area contributed by atoms with Gasteiger partial charge in [0.25, 0.3) is 0 Å². The van der Waals surface area contributed by atoms with E-state index in [0.717, 1.165) is 59.1 Å². The molecule has 1 saturated heterocycles. The smallest absolute Gasteiger partial charge is 0.224 e. The minimum absolute atomic E-state index is 0.0812. The van der Waals surface area contributed by atoms with Gasteiger partial charge in [-0.25, -0.2) is 9.37 Å². The number of ether oxygens (including phenoxy) is 1. The van der Waals surface area contributed by atoms with Crippen molar-refractivity contribution in [2.45, 2.75) is 57.5 Å². The number of nitrogens with zero attached hydrogens (tertiary/aromatic N) is 3. The predicted molar refractivity (Wildman–Crippen MR) is 162 cm³/mol. The van der Waals surface area contributed by atoms with Gasteiger partial charge < -0.3 is 25.7 Å². The van der Waals surface area contributed by atoms with E-state index < -0.39 is 0 Å². The molecule has 0 saturated carbocycles. The molecule has 1 aliphatic heterocycles. The Labute approximate surface area is 241 Å². The number of benzene rings is 2. The number of amides is 1. The summed E-state index contributed by atoms with van der Waals surface area (Å²) in [5.41, 5.74) is 18.2. The highest BCUT2D eigenvalue weighted by atomic mass is 19.1. The maximum atomic E-state index is 15.0. The van der Waals surface area contributed by atoms with E-state index in [4.69, 9.17) is 16.2 Å². The third-order valence-corrected chi connectivity index (χ3v) is 8.24. The van der Waals surface area contributed by atoms with Gasteiger partial charge in [0.1, 0.15) is 11.6 Å². The first kappa shape index (κ1) is 28.8. The van der Waals surface area contributed by atoms with Gasteiger partial charge in [-0.2, -0.15) is 0 Å². The van der Waals surface area contributed by atoms with E-state index in [0.29, 0.717) is 43.9 Å². The molecule has 0 radical (unpaired) electrons. The highest BCUT2D eigenvalue weighted by Crippen LogP contribution is 2.37. The molecular formula is C33H40FN5O2.